The predicted octanol–water partition coefficient (Wildman–Crippen LogP) is 1.20. The summed E-state index contributed by atoms with van der Waals surface area (Å²) >= 11 is 0. The maximum atomic E-state index is 4.13. The van der Waals surface area contributed by atoms with E-state index >= 15 is 0 Å². The lowest BCUT2D eigenvalue weighted by molar-refractivity contribution is 0.402. The van der Waals surface area contributed by atoms with Gasteiger partial charge in [-0.3, -0.25) is 4.40 Å². The van der Waals surface area contributed by atoms with Crippen LogP contribution in [0, 0.1) is 6.20 Å². The molecule has 0 bridgehead atoms. The number of hydrogen-bond acceptors (Lipinski definition) is 2. The van der Waals surface area contributed by atoms with Gasteiger partial charge in [0, 0.05) is 12.7 Å². The van der Waals surface area contributed by atoms with Gasteiger partial charge in [0.15, 0.2) is 0 Å². The standard InChI is InChI=1S/C10H12N3/c1-12(2)7-9-3-4-10-11-5-6-13(10)8-9/h3-5,8H,7H2,1-2H3. The second kappa shape index (κ2) is 3.18. The maximum absolute atomic E-state index is 4.13. The second-order valence-electron chi connectivity index (χ2n) is 3.39. The Bertz CT molecular complexity index is 403. The van der Waals surface area contributed by atoms with Crippen LogP contribution < -0.4 is 0 Å². The molecule has 13 heavy (non-hydrogen) atoms. The Morgan fingerprint density at radius 1 is 1.46 bits per heavy atom. The molecule has 3 nitrogen and oxygen atoms in total. The molecule has 0 aliphatic carbocycles. The molecule has 1 radical (unpaired) electrons. The number of hydrogen-bond donors (Lipinski definition) is 0. The average molecular weight is 174 g/mol. The molecule has 0 aliphatic rings. The molecule has 0 fully saturated rings. The third kappa shape index (κ3) is 1.70. The van der Waals surface area contributed by atoms with Crippen LogP contribution in [0.2, 0.25) is 0 Å². The first kappa shape index (κ1) is 8.26. The molecule has 0 aliphatic heterocycles. The van der Waals surface area contributed by atoms with Crippen molar-refractivity contribution in [3.8, 4) is 0 Å². The Morgan fingerprint density at radius 3 is 3.08 bits per heavy atom. The first-order valence-corrected chi connectivity index (χ1v) is 4.24. The molecule has 67 valence electrons. The Kier molecular flexibility index (Phi) is 2.02. The summed E-state index contributed by atoms with van der Waals surface area (Å²) in [6.07, 6.45) is 6.77. The van der Waals surface area contributed by atoms with E-state index in [4.69, 9.17) is 0 Å². The van der Waals surface area contributed by atoms with Crippen molar-refractivity contribution in [2.75, 3.05) is 14.1 Å². The molecule has 2 aromatic rings. The largest absolute Gasteiger partial charge is 0.305 e. The Balaban J connectivity index is 2.37. The molecule has 2 heterocycles. The molecule has 0 N–H and O–H groups in total. The first-order valence-electron chi connectivity index (χ1n) is 4.24. The van der Waals surface area contributed by atoms with Gasteiger partial charge in [-0.25, -0.2) is 4.98 Å². The lowest BCUT2D eigenvalue weighted by atomic mass is 10.3. The third-order valence-corrected chi connectivity index (χ3v) is 1.88. The number of nitrogens with zero attached hydrogens (tertiary/aromatic N) is 3. The minimum Gasteiger partial charge on any atom is -0.305 e. The van der Waals surface area contributed by atoms with Crippen molar-refractivity contribution in [2.24, 2.45) is 0 Å². The molecule has 0 saturated carbocycles. The van der Waals surface area contributed by atoms with Gasteiger partial charge in [0.1, 0.15) is 5.65 Å². The van der Waals surface area contributed by atoms with Gasteiger partial charge in [0.25, 0.3) is 0 Å². The summed E-state index contributed by atoms with van der Waals surface area (Å²) in [7, 11) is 4.11. The minimum atomic E-state index is 0.946. The minimum absolute atomic E-state index is 0.946. The molecular weight excluding hydrogens is 162 g/mol. The summed E-state index contributed by atoms with van der Waals surface area (Å²) in [4.78, 5) is 6.27. The monoisotopic (exact) mass is 174 g/mol. The van der Waals surface area contributed by atoms with Crippen molar-refractivity contribution in [1.82, 2.24) is 14.3 Å². The van der Waals surface area contributed by atoms with E-state index in [-0.39, 0.29) is 0 Å². The zero-order valence-corrected chi connectivity index (χ0v) is 7.86. The lowest BCUT2D eigenvalue weighted by Gasteiger charge is -2.09. The highest BCUT2D eigenvalue weighted by atomic mass is 15.1. The number of aromatic nitrogens is 2. The summed E-state index contributed by atoms with van der Waals surface area (Å²) < 4.78 is 1.92. The van der Waals surface area contributed by atoms with Crippen LogP contribution in [0.1, 0.15) is 5.56 Å². The molecule has 0 amide bonds. The van der Waals surface area contributed by atoms with Gasteiger partial charge in [0.05, 0.1) is 12.4 Å². The molecule has 2 aromatic heterocycles. The van der Waals surface area contributed by atoms with E-state index in [1.165, 1.54) is 5.56 Å². The van der Waals surface area contributed by atoms with E-state index in [0.717, 1.165) is 12.2 Å². The van der Waals surface area contributed by atoms with Crippen molar-refractivity contribution in [1.29, 1.82) is 0 Å². The van der Waals surface area contributed by atoms with Crippen LogP contribution >= 0.6 is 0 Å². The SMILES string of the molecule is CN(C)Cc1ccc2nc[c]n2c1. The van der Waals surface area contributed by atoms with E-state index < -0.39 is 0 Å². The maximum Gasteiger partial charge on any atom is 0.137 e. The molecule has 0 aromatic carbocycles. The molecule has 3 heteroatoms. The van der Waals surface area contributed by atoms with E-state index in [1.807, 2.05) is 10.5 Å². The number of rotatable bonds is 2. The van der Waals surface area contributed by atoms with Crippen LogP contribution in [-0.2, 0) is 6.54 Å². The molecule has 2 rings (SSSR count). The lowest BCUT2D eigenvalue weighted by Crippen LogP contribution is -2.10. The fraction of sp³-hybridized carbons (Fsp3) is 0.300. The van der Waals surface area contributed by atoms with Crippen LogP contribution in [0.15, 0.2) is 24.5 Å². The van der Waals surface area contributed by atoms with Crippen molar-refractivity contribution in [2.45, 2.75) is 6.54 Å². The molecule has 0 spiro atoms. The number of fused-ring (bicyclic) bond motifs is 1. The normalized spacial score (nSPS) is 11.3. The van der Waals surface area contributed by atoms with Gasteiger partial charge >= 0.3 is 0 Å². The summed E-state index contributed by atoms with van der Waals surface area (Å²) in [6, 6.07) is 4.10. The summed E-state index contributed by atoms with van der Waals surface area (Å²) in [6.45, 7) is 0.946. The average Bonchev–Trinajstić information content (AvgIpc) is 2.49. The van der Waals surface area contributed by atoms with E-state index in [1.54, 1.807) is 6.20 Å². The summed E-state index contributed by atoms with van der Waals surface area (Å²) in [5.41, 5.74) is 2.22. The summed E-state index contributed by atoms with van der Waals surface area (Å²) in [5, 5.41) is 0. The highest BCUT2D eigenvalue weighted by molar-refractivity contribution is 5.38. The zero-order chi connectivity index (χ0) is 9.26. The van der Waals surface area contributed by atoms with E-state index in [0.29, 0.717) is 0 Å². The van der Waals surface area contributed by atoms with Crippen molar-refractivity contribution in [3.63, 3.8) is 0 Å². The predicted molar refractivity (Wildman–Crippen MR) is 51.4 cm³/mol. The topological polar surface area (TPSA) is 20.5 Å². The van der Waals surface area contributed by atoms with Crippen LogP contribution in [-0.4, -0.2) is 28.4 Å². The molecule has 0 atom stereocenters. The molecule has 0 unspecified atom stereocenters. The van der Waals surface area contributed by atoms with Gasteiger partial charge in [0.2, 0.25) is 0 Å². The highest BCUT2D eigenvalue weighted by Gasteiger charge is 1.97. The Hall–Kier alpha value is -1.35. The van der Waals surface area contributed by atoms with E-state index in [9.17, 15) is 0 Å². The van der Waals surface area contributed by atoms with Crippen LogP contribution in [0.5, 0.6) is 0 Å². The van der Waals surface area contributed by atoms with Crippen molar-refractivity contribution in [3.05, 3.63) is 36.3 Å². The third-order valence-electron chi connectivity index (χ3n) is 1.88. The van der Waals surface area contributed by atoms with Crippen LogP contribution in [0.3, 0.4) is 0 Å². The fourth-order valence-electron chi connectivity index (χ4n) is 1.36. The van der Waals surface area contributed by atoms with Gasteiger partial charge in [-0.05, 0) is 25.7 Å². The van der Waals surface area contributed by atoms with Crippen LogP contribution in [0.4, 0.5) is 0 Å². The first-order chi connectivity index (χ1) is 6.25. The number of pyridine rings is 1. The highest BCUT2D eigenvalue weighted by Crippen LogP contribution is 2.05. The van der Waals surface area contributed by atoms with Crippen molar-refractivity contribution >= 4 is 5.65 Å². The Morgan fingerprint density at radius 2 is 2.31 bits per heavy atom. The van der Waals surface area contributed by atoms with Gasteiger partial charge < -0.3 is 4.90 Å². The van der Waals surface area contributed by atoms with Gasteiger partial charge in [-0.1, -0.05) is 6.07 Å². The fourth-order valence-corrected chi connectivity index (χ4v) is 1.36. The smallest absolute Gasteiger partial charge is 0.137 e. The molecule has 0 saturated heterocycles. The zero-order valence-electron chi connectivity index (χ0n) is 7.86. The second-order valence-corrected chi connectivity index (χ2v) is 3.39. The Labute approximate surface area is 77.6 Å². The van der Waals surface area contributed by atoms with Crippen molar-refractivity contribution < 1.29 is 0 Å². The van der Waals surface area contributed by atoms with E-state index in [2.05, 4.69) is 42.4 Å². The molecular formula is C10H12N3. The van der Waals surface area contributed by atoms with Gasteiger partial charge in [-0.15, -0.1) is 0 Å². The number of imidazole rings is 1. The summed E-state index contributed by atoms with van der Waals surface area (Å²) in [5.74, 6) is 0. The van der Waals surface area contributed by atoms with Gasteiger partial charge in [-0.2, -0.15) is 0 Å². The van der Waals surface area contributed by atoms with Crippen LogP contribution in [0.25, 0.3) is 5.65 Å². The quantitative estimate of drug-likeness (QED) is 0.682.